The number of carbonyl (C=O) groups is 1. The quantitative estimate of drug-likeness (QED) is 0.441. The number of aromatic amines is 1. The highest BCUT2D eigenvalue weighted by Crippen LogP contribution is 2.33. The van der Waals surface area contributed by atoms with Gasteiger partial charge in [0.2, 0.25) is 5.91 Å². The van der Waals surface area contributed by atoms with Crippen molar-refractivity contribution in [2.24, 2.45) is 0 Å². The highest BCUT2D eigenvalue weighted by atomic mass is 16.5. The fourth-order valence-corrected chi connectivity index (χ4v) is 4.43. The second kappa shape index (κ2) is 9.71. The highest BCUT2D eigenvalue weighted by molar-refractivity contribution is 5.98. The molecule has 3 heterocycles. The molecule has 0 spiro atoms. The second-order valence-corrected chi connectivity index (χ2v) is 9.10. The number of piperidine rings is 1. The van der Waals surface area contributed by atoms with Crippen LogP contribution >= 0.6 is 0 Å². The van der Waals surface area contributed by atoms with Crippen LogP contribution in [0.1, 0.15) is 24.6 Å². The summed E-state index contributed by atoms with van der Waals surface area (Å²) in [6.07, 6.45) is 1.62. The smallest absolute Gasteiger partial charge is 0.236 e. The number of fused-ring (bicyclic) bond motifs is 1. The highest BCUT2D eigenvalue weighted by Gasteiger charge is 2.27. The molecule has 3 N–H and O–H groups in total. The van der Waals surface area contributed by atoms with Gasteiger partial charge in [-0.1, -0.05) is 18.2 Å². The van der Waals surface area contributed by atoms with Gasteiger partial charge in [0.05, 0.1) is 17.6 Å². The molecule has 0 bridgehead atoms. The molecule has 9 heteroatoms. The van der Waals surface area contributed by atoms with Gasteiger partial charge in [0.1, 0.15) is 23.1 Å². The summed E-state index contributed by atoms with van der Waals surface area (Å²) in [5, 5.41) is 8.21. The van der Waals surface area contributed by atoms with E-state index in [2.05, 4.69) is 15.2 Å². The van der Waals surface area contributed by atoms with Crippen LogP contribution in [-0.4, -0.2) is 69.6 Å². The van der Waals surface area contributed by atoms with E-state index in [-0.39, 0.29) is 11.8 Å². The van der Waals surface area contributed by atoms with Crippen LogP contribution in [0.2, 0.25) is 0 Å². The van der Waals surface area contributed by atoms with Crippen LogP contribution in [0.3, 0.4) is 0 Å². The van der Waals surface area contributed by atoms with Crippen LogP contribution in [-0.2, 0) is 4.79 Å². The first-order valence-corrected chi connectivity index (χ1v) is 11.8. The Labute approximate surface area is 203 Å². The van der Waals surface area contributed by atoms with Gasteiger partial charge < -0.3 is 20.3 Å². The number of ether oxygens (including phenoxy) is 1. The Hall–Kier alpha value is -3.98. The average Bonchev–Trinajstić information content (AvgIpc) is 3.30. The summed E-state index contributed by atoms with van der Waals surface area (Å²) in [5.74, 6) is 2.93. The lowest BCUT2D eigenvalue weighted by Gasteiger charge is -2.32. The number of likely N-dealkylation sites (N-methyl/N-ethyl adjacent to an activating group) is 1. The number of para-hydroxylation sites is 1. The molecule has 2 aromatic carbocycles. The number of anilines is 1. The van der Waals surface area contributed by atoms with E-state index >= 15 is 0 Å². The van der Waals surface area contributed by atoms with Crippen molar-refractivity contribution in [3.63, 3.8) is 0 Å². The lowest BCUT2D eigenvalue weighted by molar-refractivity contribution is -0.132. The third-order valence-electron chi connectivity index (χ3n) is 6.25. The first-order chi connectivity index (χ1) is 17.0. The maximum atomic E-state index is 12.3. The molecule has 4 aromatic rings. The lowest BCUT2D eigenvalue weighted by Crippen LogP contribution is -2.42. The van der Waals surface area contributed by atoms with Gasteiger partial charge in [-0.05, 0) is 63.3 Å². The Morgan fingerprint density at radius 3 is 2.43 bits per heavy atom. The Balaban J connectivity index is 1.32. The summed E-state index contributed by atoms with van der Waals surface area (Å²) < 4.78 is 5.88. The zero-order valence-electron chi connectivity index (χ0n) is 19.9. The first-order valence-electron chi connectivity index (χ1n) is 11.8. The van der Waals surface area contributed by atoms with Crippen molar-refractivity contribution in [1.82, 2.24) is 30.0 Å². The molecule has 35 heavy (non-hydrogen) atoms. The van der Waals surface area contributed by atoms with Gasteiger partial charge in [-0.3, -0.25) is 9.89 Å². The summed E-state index contributed by atoms with van der Waals surface area (Å²) in [6, 6.07) is 17.4. The molecule has 9 nitrogen and oxygen atoms in total. The number of nitrogens with zero attached hydrogens (tertiary/aromatic N) is 5. The number of benzene rings is 2. The summed E-state index contributed by atoms with van der Waals surface area (Å²) in [6.45, 7) is 1.82. The van der Waals surface area contributed by atoms with Crippen LogP contribution in [0.5, 0.6) is 11.5 Å². The van der Waals surface area contributed by atoms with Crippen molar-refractivity contribution in [3.05, 3.63) is 60.4 Å². The lowest BCUT2D eigenvalue weighted by atomic mass is 9.95. The third-order valence-corrected chi connectivity index (χ3v) is 6.25. The number of hydrogen-bond acceptors (Lipinski definition) is 7. The zero-order valence-corrected chi connectivity index (χ0v) is 19.9. The number of likely N-dealkylation sites (tertiary alicyclic amines) is 1. The van der Waals surface area contributed by atoms with Crippen molar-refractivity contribution >= 4 is 22.8 Å². The molecule has 0 atom stereocenters. The number of aromatic nitrogens is 4. The van der Waals surface area contributed by atoms with Crippen molar-refractivity contribution in [2.45, 2.75) is 18.8 Å². The predicted molar refractivity (Wildman–Crippen MR) is 135 cm³/mol. The molecule has 2 aromatic heterocycles. The van der Waals surface area contributed by atoms with E-state index in [1.54, 1.807) is 0 Å². The molecule has 1 aliphatic heterocycles. The fourth-order valence-electron chi connectivity index (χ4n) is 4.43. The van der Waals surface area contributed by atoms with Gasteiger partial charge in [0.25, 0.3) is 0 Å². The summed E-state index contributed by atoms with van der Waals surface area (Å²) >= 11 is 0. The Morgan fingerprint density at radius 2 is 1.74 bits per heavy atom. The van der Waals surface area contributed by atoms with Crippen molar-refractivity contribution in [2.75, 3.05) is 39.5 Å². The van der Waals surface area contributed by atoms with E-state index in [0.717, 1.165) is 35.6 Å². The molecular formula is C26H29N7O2. The second-order valence-electron chi connectivity index (χ2n) is 9.10. The minimum absolute atomic E-state index is 0.152. The van der Waals surface area contributed by atoms with Gasteiger partial charge in [-0.25, -0.2) is 9.97 Å². The summed E-state index contributed by atoms with van der Waals surface area (Å²) in [7, 11) is 3.81. The van der Waals surface area contributed by atoms with Gasteiger partial charge in [0, 0.05) is 24.6 Å². The minimum Gasteiger partial charge on any atom is -0.457 e. The molecular weight excluding hydrogens is 442 g/mol. The SMILES string of the molecule is CN(C)CC(=O)N1CCC(c2nc(N)c3c(-c4ccc(Oc5ccccc5)cc4)[nH]nc3n2)CC1. The van der Waals surface area contributed by atoms with Crippen molar-refractivity contribution in [3.8, 4) is 22.8 Å². The van der Waals surface area contributed by atoms with Gasteiger partial charge in [-0.15, -0.1) is 0 Å². The van der Waals surface area contributed by atoms with E-state index in [1.807, 2.05) is 78.5 Å². The maximum Gasteiger partial charge on any atom is 0.236 e. The molecule has 1 fully saturated rings. The van der Waals surface area contributed by atoms with Gasteiger partial charge in [-0.2, -0.15) is 5.10 Å². The number of nitrogens with two attached hydrogens (primary N) is 1. The minimum atomic E-state index is 0.152. The van der Waals surface area contributed by atoms with E-state index < -0.39 is 0 Å². The number of carbonyl (C=O) groups excluding carboxylic acids is 1. The number of amides is 1. The number of hydrogen-bond donors (Lipinski definition) is 2. The molecule has 0 radical (unpaired) electrons. The van der Waals surface area contributed by atoms with E-state index in [4.69, 9.17) is 15.5 Å². The third kappa shape index (κ3) is 4.95. The average molecular weight is 472 g/mol. The number of rotatable bonds is 6. The Bertz CT molecular complexity index is 1310. The van der Waals surface area contributed by atoms with Crippen LogP contribution < -0.4 is 10.5 Å². The zero-order chi connectivity index (χ0) is 24.4. The standard InChI is InChI=1S/C26H29N7O2/c1-32(2)16-21(34)33-14-12-18(13-15-33)25-28-24(27)22-23(30-31-26(22)29-25)17-8-10-20(11-9-17)35-19-6-4-3-5-7-19/h3-11,18H,12-16H2,1-2H3,(H3,27,28,29,30,31). The van der Waals surface area contributed by atoms with Gasteiger partial charge >= 0.3 is 0 Å². The molecule has 1 aliphatic rings. The Morgan fingerprint density at radius 1 is 1.06 bits per heavy atom. The molecule has 1 amide bonds. The van der Waals surface area contributed by atoms with Crippen LogP contribution in [0.25, 0.3) is 22.3 Å². The summed E-state index contributed by atoms with van der Waals surface area (Å²) in [4.78, 5) is 25.5. The Kier molecular flexibility index (Phi) is 6.33. The molecule has 180 valence electrons. The number of H-pyrrole nitrogens is 1. The summed E-state index contributed by atoms with van der Waals surface area (Å²) in [5.41, 5.74) is 8.65. The van der Waals surface area contributed by atoms with E-state index in [0.29, 0.717) is 42.3 Å². The van der Waals surface area contributed by atoms with E-state index in [1.165, 1.54) is 0 Å². The van der Waals surface area contributed by atoms with Crippen molar-refractivity contribution in [1.29, 1.82) is 0 Å². The first kappa shape index (κ1) is 22.8. The normalized spacial score (nSPS) is 14.5. The molecule has 0 saturated carbocycles. The van der Waals surface area contributed by atoms with Crippen LogP contribution in [0.4, 0.5) is 5.82 Å². The monoisotopic (exact) mass is 471 g/mol. The molecule has 1 saturated heterocycles. The number of nitrogens with one attached hydrogen (secondary N) is 1. The molecule has 0 unspecified atom stereocenters. The molecule has 0 aliphatic carbocycles. The van der Waals surface area contributed by atoms with Crippen molar-refractivity contribution < 1.29 is 9.53 Å². The topological polar surface area (TPSA) is 113 Å². The largest absolute Gasteiger partial charge is 0.457 e. The van der Waals surface area contributed by atoms with Crippen LogP contribution in [0, 0.1) is 0 Å². The van der Waals surface area contributed by atoms with E-state index in [9.17, 15) is 4.79 Å². The molecule has 5 rings (SSSR count). The van der Waals surface area contributed by atoms with Crippen LogP contribution in [0.15, 0.2) is 54.6 Å². The van der Waals surface area contributed by atoms with Gasteiger partial charge in [0.15, 0.2) is 5.65 Å². The fraction of sp³-hybridized carbons (Fsp3) is 0.308. The maximum absolute atomic E-state index is 12.3. The number of nitrogen functional groups attached to an aromatic ring is 1. The predicted octanol–water partition coefficient (Wildman–Crippen LogP) is 3.66.